The number of hydrogen-bond acceptors (Lipinski definition) is 4. The fourth-order valence-corrected chi connectivity index (χ4v) is 3.22. The first-order chi connectivity index (χ1) is 12.9. The number of benzene rings is 1. The van der Waals surface area contributed by atoms with Crippen LogP contribution in [-0.4, -0.2) is 15.2 Å². The van der Waals surface area contributed by atoms with Crippen LogP contribution in [0.25, 0.3) is 33.5 Å². The summed E-state index contributed by atoms with van der Waals surface area (Å²) in [4.78, 5) is 4.02. The molecule has 0 amide bonds. The van der Waals surface area contributed by atoms with Crippen molar-refractivity contribution in [1.29, 1.82) is 0 Å². The van der Waals surface area contributed by atoms with Gasteiger partial charge in [-0.15, -0.1) is 0 Å². The Labute approximate surface area is 150 Å². The van der Waals surface area contributed by atoms with Gasteiger partial charge >= 0.3 is 0 Å². The molecule has 3 heterocycles. The van der Waals surface area contributed by atoms with Crippen molar-refractivity contribution in [1.82, 2.24) is 15.2 Å². The fourth-order valence-electron chi connectivity index (χ4n) is 3.22. The van der Waals surface area contributed by atoms with Crippen molar-refractivity contribution < 1.29 is 4.42 Å². The molecule has 26 heavy (non-hydrogen) atoms. The molecule has 0 fully saturated rings. The van der Waals surface area contributed by atoms with Crippen molar-refractivity contribution in [2.24, 2.45) is 0 Å². The second-order valence-electron chi connectivity index (χ2n) is 6.19. The maximum Gasteiger partial charge on any atom is 0.145 e. The number of aromatic amines is 1. The zero-order valence-electron chi connectivity index (χ0n) is 13.9. The first-order valence-electron chi connectivity index (χ1n) is 8.46. The summed E-state index contributed by atoms with van der Waals surface area (Å²) in [6, 6.07) is 18.4. The topological polar surface area (TPSA) is 66.7 Å². The highest BCUT2D eigenvalue weighted by Gasteiger charge is 2.19. The van der Waals surface area contributed by atoms with Gasteiger partial charge < -0.3 is 9.73 Å². The van der Waals surface area contributed by atoms with Crippen LogP contribution in [0.1, 0.15) is 5.56 Å². The van der Waals surface area contributed by atoms with Crippen LogP contribution in [0.3, 0.4) is 0 Å². The molecule has 0 spiro atoms. The Kier molecular flexibility index (Phi) is 3.42. The maximum atomic E-state index is 5.72. The summed E-state index contributed by atoms with van der Waals surface area (Å²) < 4.78 is 5.72. The lowest BCUT2D eigenvalue weighted by molar-refractivity contribution is 0.571. The molecular weight excluding hydrogens is 324 g/mol. The zero-order valence-corrected chi connectivity index (χ0v) is 13.9. The van der Waals surface area contributed by atoms with Gasteiger partial charge in [0.05, 0.1) is 17.2 Å². The maximum absolute atomic E-state index is 5.72. The minimum atomic E-state index is 0.759. The lowest BCUT2D eigenvalue weighted by Gasteiger charge is -2.07. The fraction of sp³-hybridized carbons (Fsp3) is 0.0476. The van der Waals surface area contributed by atoms with Gasteiger partial charge in [-0.1, -0.05) is 24.3 Å². The first-order valence-corrected chi connectivity index (χ1v) is 8.46. The summed E-state index contributed by atoms with van der Waals surface area (Å²) >= 11 is 0. The molecule has 5 nitrogen and oxygen atoms in total. The number of pyridine rings is 1. The Morgan fingerprint density at radius 1 is 0.962 bits per heavy atom. The molecule has 0 unspecified atom stereocenters. The Balaban J connectivity index is 1.43. The van der Waals surface area contributed by atoms with E-state index < -0.39 is 0 Å². The normalized spacial score (nSPS) is 11.2. The lowest BCUT2D eigenvalue weighted by atomic mass is 10.1. The van der Waals surface area contributed by atoms with Crippen LogP contribution in [-0.2, 0) is 6.54 Å². The third kappa shape index (κ3) is 2.50. The molecule has 5 rings (SSSR count). The molecule has 0 atom stereocenters. The smallest absolute Gasteiger partial charge is 0.145 e. The number of aromatic nitrogens is 3. The number of hydrogen-bond donors (Lipinski definition) is 2. The van der Waals surface area contributed by atoms with Gasteiger partial charge in [-0.2, -0.15) is 5.10 Å². The molecular formula is C21H16N4O. The van der Waals surface area contributed by atoms with Crippen LogP contribution in [0.5, 0.6) is 0 Å². The molecule has 0 bridgehead atoms. The highest BCUT2D eigenvalue weighted by atomic mass is 16.3. The van der Waals surface area contributed by atoms with Gasteiger partial charge in [0.2, 0.25) is 0 Å². The number of anilines is 1. The van der Waals surface area contributed by atoms with Crippen LogP contribution >= 0.6 is 0 Å². The highest BCUT2D eigenvalue weighted by molar-refractivity contribution is 6.05. The molecule has 3 aromatic rings. The summed E-state index contributed by atoms with van der Waals surface area (Å²) in [5.41, 5.74) is 6.32. The minimum Gasteiger partial charge on any atom is -0.464 e. The third-order valence-corrected chi connectivity index (χ3v) is 4.53. The van der Waals surface area contributed by atoms with Crippen molar-refractivity contribution in [2.75, 3.05) is 5.32 Å². The van der Waals surface area contributed by atoms with E-state index in [-0.39, 0.29) is 0 Å². The average Bonchev–Trinajstić information content (AvgIpc) is 3.27. The van der Waals surface area contributed by atoms with Crippen molar-refractivity contribution >= 4 is 16.6 Å². The van der Waals surface area contributed by atoms with E-state index in [2.05, 4.69) is 50.8 Å². The molecule has 0 saturated heterocycles. The predicted octanol–water partition coefficient (Wildman–Crippen LogP) is 4.93. The monoisotopic (exact) mass is 340 g/mol. The quantitative estimate of drug-likeness (QED) is 0.486. The SMILES string of the molecule is c1coc2c3c(-c4ccc(CNc5ccncc5)cc4)n[nH]c3cc-2c1. The van der Waals surface area contributed by atoms with Gasteiger partial charge in [0.25, 0.3) is 0 Å². The van der Waals surface area contributed by atoms with Crippen LogP contribution < -0.4 is 5.32 Å². The number of rotatable bonds is 4. The average molecular weight is 340 g/mol. The van der Waals surface area contributed by atoms with Gasteiger partial charge in [-0.05, 0) is 35.9 Å². The van der Waals surface area contributed by atoms with Crippen molar-refractivity contribution in [2.45, 2.75) is 6.54 Å². The molecule has 1 aromatic carbocycles. The molecule has 1 aliphatic heterocycles. The van der Waals surface area contributed by atoms with E-state index in [1.54, 1.807) is 18.7 Å². The van der Waals surface area contributed by atoms with E-state index in [0.717, 1.165) is 45.7 Å². The van der Waals surface area contributed by atoms with Crippen molar-refractivity contribution in [3.8, 4) is 22.6 Å². The Bertz CT molecular complexity index is 1130. The first kappa shape index (κ1) is 14.7. The molecule has 5 heteroatoms. The Hall–Kier alpha value is -3.60. The van der Waals surface area contributed by atoms with Gasteiger partial charge in [0, 0.05) is 35.8 Å². The molecule has 0 saturated carbocycles. The van der Waals surface area contributed by atoms with E-state index in [1.165, 1.54) is 5.56 Å². The molecule has 0 radical (unpaired) electrons. The second-order valence-corrected chi connectivity index (χ2v) is 6.19. The summed E-state index contributed by atoms with van der Waals surface area (Å²) in [7, 11) is 0. The second kappa shape index (κ2) is 6.04. The number of nitrogens with one attached hydrogen (secondary N) is 2. The highest BCUT2D eigenvalue weighted by Crippen LogP contribution is 2.38. The number of fused-ring (bicyclic) bond motifs is 3. The molecule has 1 aliphatic carbocycles. The molecule has 2 N–H and O–H groups in total. The van der Waals surface area contributed by atoms with Gasteiger partial charge in [-0.25, -0.2) is 0 Å². The standard InChI is InChI=1S/C21H16N4O/c1-2-16-12-18-19(21(16)26-11-1)20(25-24-18)15-5-3-14(4-6-15)13-23-17-7-9-22-10-8-17/h1-12,24H,13H2,(H,22,23). The summed E-state index contributed by atoms with van der Waals surface area (Å²) in [6.07, 6.45) is 5.26. The van der Waals surface area contributed by atoms with Crippen LogP contribution in [0.4, 0.5) is 5.69 Å². The van der Waals surface area contributed by atoms with Crippen LogP contribution in [0.2, 0.25) is 0 Å². The molecule has 2 aromatic heterocycles. The van der Waals surface area contributed by atoms with E-state index >= 15 is 0 Å². The number of H-pyrrole nitrogens is 1. The van der Waals surface area contributed by atoms with E-state index in [1.807, 2.05) is 24.3 Å². The largest absolute Gasteiger partial charge is 0.464 e. The zero-order chi connectivity index (χ0) is 17.3. The Morgan fingerprint density at radius 3 is 2.65 bits per heavy atom. The van der Waals surface area contributed by atoms with Crippen LogP contribution in [0, 0.1) is 0 Å². The van der Waals surface area contributed by atoms with E-state index in [4.69, 9.17) is 4.42 Å². The summed E-state index contributed by atoms with van der Waals surface area (Å²) in [5.74, 6) is 0.870. The van der Waals surface area contributed by atoms with Gasteiger partial charge in [0.1, 0.15) is 11.5 Å². The predicted molar refractivity (Wildman–Crippen MR) is 102 cm³/mol. The van der Waals surface area contributed by atoms with Gasteiger partial charge in [-0.3, -0.25) is 10.1 Å². The number of nitrogens with zero attached hydrogens (tertiary/aromatic N) is 2. The summed E-state index contributed by atoms with van der Waals surface area (Å²) in [5, 5.41) is 12.0. The molecule has 2 aliphatic rings. The summed E-state index contributed by atoms with van der Waals surface area (Å²) in [6.45, 7) is 0.759. The van der Waals surface area contributed by atoms with E-state index in [0.29, 0.717) is 0 Å². The Morgan fingerprint density at radius 2 is 1.81 bits per heavy atom. The molecule has 126 valence electrons. The lowest BCUT2D eigenvalue weighted by Crippen LogP contribution is -1.99. The third-order valence-electron chi connectivity index (χ3n) is 4.53. The van der Waals surface area contributed by atoms with Crippen LogP contribution in [0.15, 0.2) is 77.7 Å². The minimum absolute atomic E-state index is 0.759. The van der Waals surface area contributed by atoms with E-state index in [9.17, 15) is 0 Å². The van der Waals surface area contributed by atoms with Crippen molar-refractivity contribution in [3.05, 3.63) is 78.8 Å². The van der Waals surface area contributed by atoms with Gasteiger partial charge in [0.15, 0.2) is 0 Å². The van der Waals surface area contributed by atoms with Crippen molar-refractivity contribution in [3.63, 3.8) is 0 Å².